The zero-order valence-corrected chi connectivity index (χ0v) is 5.59. The molecule has 0 spiro atoms. The fraction of sp³-hybridized carbons (Fsp3) is 0.143. The van der Waals surface area contributed by atoms with Crippen molar-refractivity contribution in [3.63, 3.8) is 0 Å². The van der Waals surface area contributed by atoms with Gasteiger partial charge in [0, 0.05) is 16.2 Å². The molecule has 0 fully saturated rings. The SMILES string of the molecule is Cc1ccc([NH+]=O)cc1O. The molecule has 0 amide bonds. The molecular formula is C7H8NO2+. The summed E-state index contributed by atoms with van der Waals surface area (Å²) in [5.41, 5.74) is 1.14. The predicted molar refractivity (Wildman–Crippen MR) is 36.8 cm³/mol. The molecule has 0 saturated carbocycles. The number of aryl methyl sites for hydroxylation is 1. The monoisotopic (exact) mass is 138 g/mol. The van der Waals surface area contributed by atoms with Gasteiger partial charge in [0.1, 0.15) is 5.75 Å². The van der Waals surface area contributed by atoms with Crippen molar-refractivity contribution >= 4 is 5.69 Å². The third-order valence-corrected chi connectivity index (χ3v) is 1.33. The van der Waals surface area contributed by atoms with Gasteiger partial charge in [-0.15, -0.1) is 0 Å². The number of phenols is 1. The van der Waals surface area contributed by atoms with Crippen LogP contribution in [0.15, 0.2) is 18.2 Å². The molecule has 0 aliphatic heterocycles. The molecule has 0 atom stereocenters. The minimum Gasteiger partial charge on any atom is -0.507 e. The summed E-state index contributed by atoms with van der Waals surface area (Å²) in [5.74, 6) is 0.140. The minimum absolute atomic E-state index is 0.140. The summed E-state index contributed by atoms with van der Waals surface area (Å²) in [4.78, 5) is 10.0. The van der Waals surface area contributed by atoms with Crippen LogP contribution in [0.5, 0.6) is 5.75 Å². The van der Waals surface area contributed by atoms with Crippen LogP contribution in [0, 0.1) is 11.8 Å². The fourth-order valence-corrected chi connectivity index (χ4v) is 0.673. The zero-order valence-electron chi connectivity index (χ0n) is 5.59. The van der Waals surface area contributed by atoms with E-state index < -0.39 is 0 Å². The highest BCUT2D eigenvalue weighted by atomic mass is 16.3. The number of hydrogen-bond donors (Lipinski definition) is 2. The number of nitrogens with one attached hydrogen (secondary N) is 1. The summed E-state index contributed by atoms with van der Waals surface area (Å²) < 4.78 is 0. The third-order valence-electron chi connectivity index (χ3n) is 1.33. The van der Waals surface area contributed by atoms with Crippen molar-refractivity contribution in [1.82, 2.24) is 0 Å². The predicted octanol–water partition coefficient (Wildman–Crippen LogP) is 0.179. The van der Waals surface area contributed by atoms with Gasteiger partial charge in [0.15, 0.2) is 0 Å². The van der Waals surface area contributed by atoms with E-state index in [-0.39, 0.29) is 5.75 Å². The Bertz CT molecular complexity index is 258. The van der Waals surface area contributed by atoms with Gasteiger partial charge in [-0.25, -0.2) is 0 Å². The van der Waals surface area contributed by atoms with Crippen molar-refractivity contribution in [1.29, 1.82) is 0 Å². The molecule has 0 saturated heterocycles. The molecule has 10 heavy (non-hydrogen) atoms. The van der Waals surface area contributed by atoms with Crippen LogP contribution in [0.3, 0.4) is 0 Å². The van der Waals surface area contributed by atoms with E-state index in [0.717, 1.165) is 5.56 Å². The Morgan fingerprint density at radius 2 is 2.20 bits per heavy atom. The number of hydrogen-bond acceptors (Lipinski definition) is 2. The Morgan fingerprint density at radius 1 is 1.50 bits per heavy atom. The maximum Gasteiger partial charge on any atom is 0.257 e. The fourth-order valence-electron chi connectivity index (χ4n) is 0.673. The van der Waals surface area contributed by atoms with E-state index in [1.807, 2.05) is 0 Å². The summed E-state index contributed by atoms with van der Waals surface area (Å²) in [7, 11) is 0. The van der Waals surface area contributed by atoms with Crippen LogP contribution in [0.1, 0.15) is 5.56 Å². The third kappa shape index (κ3) is 1.13. The van der Waals surface area contributed by atoms with Gasteiger partial charge in [0.2, 0.25) is 0 Å². The van der Waals surface area contributed by atoms with E-state index in [0.29, 0.717) is 5.69 Å². The largest absolute Gasteiger partial charge is 0.507 e. The first-order valence-electron chi connectivity index (χ1n) is 2.92. The molecular weight excluding hydrogens is 130 g/mol. The molecule has 0 aliphatic rings. The Kier molecular flexibility index (Phi) is 1.67. The normalized spacial score (nSPS) is 9.30. The molecule has 1 aromatic rings. The molecule has 3 heteroatoms. The van der Waals surface area contributed by atoms with Crippen molar-refractivity contribution < 1.29 is 10.3 Å². The second kappa shape index (κ2) is 2.47. The second-order valence-corrected chi connectivity index (χ2v) is 2.10. The molecule has 0 unspecified atom stereocenters. The lowest BCUT2D eigenvalue weighted by Crippen LogP contribution is -2.55. The van der Waals surface area contributed by atoms with E-state index in [1.165, 1.54) is 6.07 Å². The van der Waals surface area contributed by atoms with Crippen LogP contribution in [0.4, 0.5) is 5.69 Å². The molecule has 2 N–H and O–H groups in total. The molecule has 0 radical (unpaired) electrons. The highest BCUT2D eigenvalue weighted by Gasteiger charge is 2.00. The van der Waals surface area contributed by atoms with Crippen LogP contribution >= 0.6 is 0 Å². The van der Waals surface area contributed by atoms with Crippen LogP contribution in [-0.4, -0.2) is 5.11 Å². The Morgan fingerprint density at radius 3 is 2.70 bits per heavy atom. The highest BCUT2D eigenvalue weighted by molar-refractivity contribution is 5.41. The number of rotatable bonds is 1. The summed E-state index contributed by atoms with van der Waals surface area (Å²) in [5, 5.41) is 10.7. The van der Waals surface area contributed by atoms with Gasteiger partial charge in [0.05, 0.1) is 6.07 Å². The van der Waals surface area contributed by atoms with Gasteiger partial charge < -0.3 is 5.11 Å². The van der Waals surface area contributed by atoms with E-state index in [9.17, 15) is 4.91 Å². The number of phenolic OH excluding ortho intramolecular Hbond substituents is 1. The molecule has 0 aromatic heterocycles. The zero-order chi connectivity index (χ0) is 7.56. The summed E-state index contributed by atoms with van der Waals surface area (Å²) in [6, 6.07) is 4.68. The van der Waals surface area contributed by atoms with Gasteiger partial charge in [-0.3, -0.25) is 0 Å². The number of nitroso groups, excluding NO2 is 1. The molecule has 1 rings (SSSR count). The van der Waals surface area contributed by atoms with Crippen molar-refractivity contribution in [3.8, 4) is 5.75 Å². The first kappa shape index (κ1) is 6.74. The van der Waals surface area contributed by atoms with Crippen LogP contribution in [0.25, 0.3) is 0 Å². The van der Waals surface area contributed by atoms with Gasteiger partial charge in [-0.05, 0) is 18.6 Å². The van der Waals surface area contributed by atoms with Gasteiger partial charge >= 0.3 is 0 Å². The van der Waals surface area contributed by atoms with Crippen molar-refractivity contribution in [2.75, 3.05) is 0 Å². The average molecular weight is 138 g/mol. The Balaban J connectivity index is 3.16. The lowest BCUT2D eigenvalue weighted by atomic mass is 10.2. The Hall–Kier alpha value is -1.38. The van der Waals surface area contributed by atoms with Crippen LogP contribution in [0.2, 0.25) is 0 Å². The van der Waals surface area contributed by atoms with Crippen LogP contribution < -0.4 is 5.18 Å². The molecule has 0 heterocycles. The number of aromatic hydroxyl groups is 1. The van der Waals surface area contributed by atoms with Gasteiger partial charge in [0.25, 0.3) is 5.69 Å². The average Bonchev–Trinajstić information content (AvgIpc) is 1.95. The van der Waals surface area contributed by atoms with Crippen LogP contribution in [-0.2, 0) is 0 Å². The lowest BCUT2D eigenvalue weighted by Gasteiger charge is -1.92. The Labute approximate surface area is 58.3 Å². The summed E-state index contributed by atoms with van der Waals surface area (Å²) in [6.07, 6.45) is 0. The van der Waals surface area contributed by atoms with E-state index in [1.54, 1.807) is 24.2 Å². The molecule has 52 valence electrons. The quantitative estimate of drug-likeness (QED) is 0.581. The lowest BCUT2D eigenvalue weighted by molar-refractivity contribution is -0.379. The van der Waals surface area contributed by atoms with Crippen molar-refractivity contribution in [2.24, 2.45) is 0 Å². The molecule has 0 aliphatic carbocycles. The first-order valence-corrected chi connectivity index (χ1v) is 2.92. The van der Waals surface area contributed by atoms with E-state index in [2.05, 4.69) is 0 Å². The molecule has 1 aromatic carbocycles. The van der Waals surface area contributed by atoms with Crippen molar-refractivity contribution in [3.05, 3.63) is 28.7 Å². The number of benzene rings is 1. The molecule has 0 bridgehead atoms. The maximum atomic E-state index is 10.0. The minimum atomic E-state index is 0.140. The second-order valence-electron chi connectivity index (χ2n) is 2.10. The van der Waals surface area contributed by atoms with Gasteiger partial charge in [-0.2, -0.15) is 0 Å². The van der Waals surface area contributed by atoms with E-state index >= 15 is 0 Å². The first-order chi connectivity index (χ1) is 4.74. The molecule has 3 nitrogen and oxygen atoms in total. The summed E-state index contributed by atoms with van der Waals surface area (Å²) in [6.45, 7) is 1.77. The maximum absolute atomic E-state index is 10.0. The van der Waals surface area contributed by atoms with Crippen molar-refractivity contribution in [2.45, 2.75) is 6.92 Å². The highest BCUT2D eigenvalue weighted by Crippen LogP contribution is 2.17. The standard InChI is InChI=1S/C7H7NO2/c1-5-2-3-6(8-10)4-7(5)9/h2-4,9H,1H3/p+1. The summed E-state index contributed by atoms with van der Waals surface area (Å²) >= 11 is 0. The topological polar surface area (TPSA) is 51.3 Å². The van der Waals surface area contributed by atoms with E-state index in [4.69, 9.17) is 5.11 Å². The smallest absolute Gasteiger partial charge is 0.257 e. The van der Waals surface area contributed by atoms with Gasteiger partial charge in [-0.1, -0.05) is 0 Å².